The van der Waals surface area contributed by atoms with Gasteiger partial charge in [-0.1, -0.05) is 29.8 Å². The lowest BCUT2D eigenvalue weighted by molar-refractivity contribution is -0.0600. The summed E-state index contributed by atoms with van der Waals surface area (Å²) in [5.41, 5.74) is -0.0115. The second-order valence-electron chi connectivity index (χ2n) is 5.41. The van der Waals surface area contributed by atoms with Crippen LogP contribution >= 0.6 is 11.6 Å². The Morgan fingerprint density at radius 2 is 2.10 bits per heavy atom. The van der Waals surface area contributed by atoms with E-state index in [1.54, 1.807) is 6.07 Å². The highest BCUT2D eigenvalue weighted by molar-refractivity contribution is 6.31. The van der Waals surface area contributed by atoms with Gasteiger partial charge < -0.3 is 20.5 Å². The normalized spacial score (nSPS) is 18.8. The standard InChI is InChI=1S/C15H21ClN2O3/c1-11(12-4-2-3-5-13(12)16)18-14(19)17-10-15(20)6-8-21-9-7-15/h2-5,11,20H,6-10H2,1H3,(H2,17,18,19). The van der Waals surface area contributed by atoms with Crippen molar-refractivity contribution in [1.82, 2.24) is 10.6 Å². The largest absolute Gasteiger partial charge is 0.388 e. The van der Waals surface area contributed by atoms with Crippen molar-refractivity contribution < 1.29 is 14.6 Å². The molecule has 5 nitrogen and oxygen atoms in total. The number of amides is 2. The summed E-state index contributed by atoms with van der Waals surface area (Å²) in [5, 5.41) is 16.4. The van der Waals surface area contributed by atoms with Crippen molar-refractivity contribution in [2.75, 3.05) is 19.8 Å². The van der Waals surface area contributed by atoms with Crippen LogP contribution in [0.3, 0.4) is 0 Å². The Balaban J connectivity index is 1.83. The number of halogens is 1. The van der Waals surface area contributed by atoms with E-state index in [4.69, 9.17) is 16.3 Å². The van der Waals surface area contributed by atoms with E-state index in [2.05, 4.69) is 10.6 Å². The number of carbonyl (C=O) groups excluding carboxylic acids is 1. The molecule has 1 fully saturated rings. The molecular weight excluding hydrogens is 292 g/mol. The quantitative estimate of drug-likeness (QED) is 0.798. The van der Waals surface area contributed by atoms with Gasteiger partial charge in [0, 0.05) is 37.6 Å². The van der Waals surface area contributed by atoms with Crippen molar-refractivity contribution in [2.24, 2.45) is 0 Å². The van der Waals surface area contributed by atoms with Crippen LogP contribution < -0.4 is 10.6 Å². The second kappa shape index (κ2) is 7.11. The minimum atomic E-state index is -0.872. The fourth-order valence-electron chi connectivity index (χ4n) is 2.32. The number of ether oxygens (including phenoxy) is 1. The Morgan fingerprint density at radius 3 is 2.76 bits per heavy atom. The molecule has 1 saturated heterocycles. The van der Waals surface area contributed by atoms with E-state index in [0.717, 1.165) is 5.56 Å². The molecule has 1 heterocycles. The fourth-order valence-corrected chi connectivity index (χ4v) is 2.62. The molecule has 0 aromatic heterocycles. The van der Waals surface area contributed by atoms with Gasteiger partial charge in [0.1, 0.15) is 0 Å². The van der Waals surface area contributed by atoms with Crippen molar-refractivity contribution in [3.8, 4) is 0 Å². The van der Waals surface area contributed by atoms with Gasteiger partial charge in [-0.3, -0.25) is 0 Å². The van der Waals surface area contributed by atoms with Gasteiger partial charge in [0.15, 0.2) is 0 Å². The second-order valence-corrected chi connectivity index (χ2v) is 5.81. The maximum absolute atomic E-state index is 11.9. The van der Waals surface area contributed by atoms with Crippen LogP contribution in [-0.4, -0.2) is 36.5 Å². The first-order chi connectivity index (χ1) is 10.0. The number of urea groups is 1. The highest BCUT2D eigenvalue weighted by Gasteiger charge is 2.30. The molecule has 3 N–H and O–H groups in total. The molecule has 6 heteroatoms. The van der Waals surface area contributed by atoms with Crippen LogP contribution in [0.2, 0.25) is 5.02 Å². The van der Waals surface area contributed by atoms with Crippen molar-refractivity contribution in [3.63, 3.8) is 0 Å². The van der Waals surface area contributed by atoms with Gasteiger partial charge in [0.05, 0.1) is 11.6 Å². The molecule has 0 bridgehead atoms. The van der Waals surface area contributed by atoms with Crippen LogP contribution in [0.1, 0.15) is 31.4 Å². The number of hydrogen-bond acceptors (Lipinski definition) is 3. The van der Waals surface area contributed by atoms with Crippen molar-refractivity contribution >= 4 is 17.6 Å². The summed E-state index contributed by atoms with van der Waals surface area (Å²) >= 11 is 6.10. The zero-order chi connectivity index (χ0) is 15.3. The lowest BCUT2D eigenvalue weighted by Gasteiger charge is -2.32. The van der Waals surface area contributed by atoms with Gasteiger partial charge in [-0.05, 0) is 18.6 Å². The molecule has 2 amide bonds. The fraction of sp³-hybridized carbons (Fsp3) is 0.533. The van der Waals surface area contributed by atoms with E-state index in [1.165, 1.54) is 0 Å². The third kappa shape index (κ3) is 4.59. The molecule has 21 heavy (non-hydrogen) atoms. The monoisotopic (exact) mass is 312 g/mol. The molecule has 0 spiro atoms. The SMILES string of the molecule is CC(NC(=O)NCC1(O)CCOCC1)c1ccccc1Cl. The molecule has 0 radical (unpaired) electrons. The van der Waals surface area contributed by atoms with Crippen LogP contribution in [0.5, 0.6) is 0 Å². The first-order valence-corrected chi connectivity index (χ1v) is 7.47. The Labute approximate surface area is 129 Å². The predicted molar refractivity (Wildman–Crippen MR) is 81.4 cm³/mol. The van der Waals surface area contributed by atoms with Crippen LogP contribution in [-0.2, 0) is 4.74 Å². The number of carbonyl (C=O) groups is 1. The molecule has 116 valence electrons. The van der Waals surface area contributed by atoms with Crippen LogP contribution in [0.25, 0.3) is 0 Å². The topological polar surface area (TPSA) is 70.6 Å². The maximum Gasteiger partial charge on any atom is 0.315 e. The van der Waals surface area contributed by atoms with E-state index in [0.29, 0.717) is 31.1 Å². The Hall–Kier alpha value is -1.30. The minimum absolute atomic E-state index is 0.206. The lowest BCUT2D eigenvalue weighted by Crippen LogP contribution is -2.49. The summed E-state index contributed by atoms with van der Waals surface area (Å²) in [6.45, 7) is 3.13. The smallest absolute Gasteiger partial charge is 0.315 e. The van der Waals surface area contributed by atoms with E-state index in [-0.39, 0.29) is 18.6 Å². The number of nitrogens with one attached hydrogen (secondary N) is 2. The average molecular weight is 313 g/mol. The summed E-state index contributed by atoms with van der Waals surface area (Å²) in [5.74, 6) is 0. The molecule has 1 unspecified atom stereocenters. The molecule has 1 aromatic rings. The number of aliphatic hydroxyl groups is 1. The van der Waals surface area contributed by atoms with Gasteiger partial charge in [0.25, 0.3) is 0 Å². The third-order valence-corrected chi connectivity index (χ3v) is 4.07. The zero-order valence-corrected chi connectivity index (χ0v) is 12.8. The summed E-state index contributed by atoms with van der Waals surface area (Å²) < 4.78 is 5.20. The maximum atomic E-state index is 11.9. The van der Waals surface area contributed by atoms with E-state index < -0.39 is 5.60 Å². The van der Waals surface area contributed by atoms with Gasteiger partial charge in [-0.2, -0.15) is 0 Å². The highest BCUT2D eigenvalue weighted by atomic mass is 35.5. The molecule has 0 saturated carbocycles. The number of rotatable bonds is 4. The summed E-state index contributed by atoms with van der Waals surface area (Å²) in [4.78, 5) is 11.9. The molecule has 1 atom stereocenters. The van der Waals surface area contributed by atoms with Gasteiger partial charge >= 0.3 is 6.03 Å². The van der Waals surface area contributed by atoms with Gasteiger partial charge in [-0.25, -0.2) is 4.79 Å². The lowest BCUT2D eigenvalue weighted by atomic mass is 9.94. The molecule has 1 aliphatic heterocycles. The molecule has 0 aliphatic carbocycles. The molecular formula is C15H21ClN2O3. The first kappa shape index (κ1) is 16.1. The van der Waals surface area contributed by atoms with Crippen LogP contribution in [0, 0.1) is 0 Å². The van der Waals surface area contributed by atoms with E-state index in [9.17, 15) is 9.90 Å². The summed E-state index contributed by atoms with van der Waals surface area (Å²) in [6.07, 6.45) is 1.07. The van der Waals surface area contributed by atoms with Crippen molar-refractivity contribution in [1.29, 1.82) is 0 Å². The summed E-state index contributed by atoms with van der Waals surface area (Å²) in [7, 11) is 0. The van der Waals surface area contributed by atoms with Gasteiger partial charge in [0.2, 0.25) is 0 Å². The number of hydrogen-bond donors (Lipinski definition) is 3. The molecule has 1 aliphatic rings. The average Bonchev–Trinajstić information content (AvgIpc) is 2.46. The van der Waals surface area contributed by atoms with Crippen molar-refractivity contribution in [3.05, 3.63) is 34.9 Å². The van der Waals surface area contributed by atoms with E-state index in [1.807, 2.05) is 25.1 Å². The van der Waals surface area contributed by atoms with Gasteiger partial charge in [-0.15, -0.1) is 0 Å². The third-order valence-electron chi connectivity index (χ3n) is 3.72. The Bertz CT molecular complexity index is 490. The van der Waals surface area contributed by atoms with Crippen molar-refractivity contribution in [2.45, 2.75) is 31.4 Å². The summed E-state index contributed by atoms with van der Waals surface area (Å²) in [6, 6.07) is 6.86. The predicted octanol–water partition coefficient (Wildman–Crippen LogP) is 2.24. The first-order valence-electron chi connectivity index (χ1n) is 7.09. The Kier molecular flexibility index (Phi) is 5.45. The number of benzene rings is 1. The van der Waals surface area contributed by atoms with Crippen LogP contribution in [0.15, 0.2) is 24.3 Å². The minimum Gasteiger partial charge on any atom is -0.388 e. The van der Waals surface area contributed by atoms with Crippen LogP contribution in [0.4, 0.5) is 4.79 Å². The Morgan fingerprint density at radius 1 is 1.43 bits per heavy atom. The highest BCUT2D eigenvalue weighted by Crippen LogP contribution is 2.22. The molecule has 2 rings (SSSR count). The zero-order valence-electron chi connectivity index (χ0n) is 12.1. The molecule has 1 aromatic carbocycles. The van der Waals surface area contributed by atoms with E-state index >= 15 is 0 Å².